The maximum absolute atomic E-state index is 12.9. The zero-order valence-corrected chi connectivity index (χ0v) is 20.1. The van der Waals surface area contributed by atoms with E-state index in [1.54, 1.807) is 23.4 Å². The summed E-state index contributed by atoms with van der Waals surface area (Å²) >= 11 is 0. The average Bonchev–Trinajstić information content (AvgIpc) is 3.35. The summed E-state index contributed by atoms with van der Waals surface area (Å²) in [6.07, 6.45) is 4.82. The van der Waals surface area contributed by atoms with Crippen LogP contribution in [0.3, 0.4) is 0 Å². The molecular formula is C24H29ClN6O3. The number of carbonyl (C=O) groups is 2. The number of aromatic nitrogens is 2. The summed E-state index contributed by atoms with van der Waals surface area (Å²) in [7, 11) is 0. The van der Waals surface area contributed by atoms with Crippen molar-refractivity contribution < 1.29 is 14.0 Å². The number of carbonyl (C=O) groups excluding carboxylic acids is 2. The summed E-state index contributed by atoms with van der Waals surface area (Å²) in [5.41, 5.74) is 6.87. The predicted octanol–water partition coefficient (Wildman–Crippen LogP) is 2.97. The molecule has 3 aromatic rings. The van der Waals surface area contributed by atoms with Crippen molar-refractivity contribution in [3.63, 3.8) is 0 Å². The fourth-order valence-electron chi connectivity index (χ4n) is 3.92. The van der Waals surface area contributed by atoms with E-state index < -0.39 is 5.91 Å². The minimum absolute atomic E-state index is 0. The lowest BCUT2D eigenvalue weighted by Gasteiger charge is -2.38. The first-order valence-corrected chi connectivity index (χ1v) is 11.0. The summed E-state index contributed by atoms with van der Waals surface area (Å²) < 4.78 is 5.57. The molecule has 0 bridgehead atoms. The van der Waals surface area contributed by atoms with Crippen LogP contribution in [0.1, 0.15) is 40.5 Å². The quantitative estimate of drug-likeness (QED) is 0.549. The number of hydrogen-bond acceptors (Lipinski definition) is 7. The van der Waals surface area contributed by atoms with Gasteiger partial charge in [-0.1, -0.05) is 0 Å². The summed E-state index contributed by atoms with van der Waals surface area (Å²) in [6.45, 7) is 7.35. The standard InChI is InChI=1S/C24H28N6O3.ClH/c1-17(2)30(16-19-5-4-14-33-19)21-6-3-9-26-23(21)28-10-12-29(13-11-28)24(32)20-8-7-18(15-27-20)22(25)31;/h3-9,14-15,17H,10-13,16H2,1-2H3,(H2,25,31);1H. The number of amides is 2. The van der Waals surface area contributed by atoms with E-state index in [1.165, 1.54) is 12.3 Å². The van der Waals surface area contributed by atoms with Crippen LogP contribution in [-0.4, -0.2) is 58.9 Å². The third kappa shape index (κ3) is 5.48. The third-order valence-electron chi connectivity index (χ3n) is 5.74. The van der Waals surface area contributed by atoms with Gasteiger partial charge in [-0.15, -0.1) is 12.4 Å². The fourth-order valence-corrected chi connectivity index (χ4v) is 3.92. The number of nitrogens with zero attached hydrogens (tertiary/aromatic N) is 5. The highest BCUT2D eigenvalue weighted by molar-refractivity contribution is 5.95. The highest BCUT2D eigenvalue weighted by Gasteiger charge is 2.27. The molecule has 2 N–H and O–H groups in total. The van der Waals surface area contributed by atoms with Crippen molar-refractivity contribution in [2.75, 3.05) is 36.0 Å². The minimum atomic E-state index is -0.566. The number of anilines is 2. The second-order valence-corrected chi connectivity index (χ2v) is 8.22. The van der Waals surface area contributed by atoms with Gasteiger partial charge in [-0.2, -0.15) is 0 Å². The van der Waals surface area contributed by atoms with Crippen molar-refractivity contribution in [2.45, 2.75) is 26.4 Å². The topological polar surface area (TPSA) is 109 Å². The first-order chi connectivity index (χ1) is 15.9. The minimum Gasteiger partial charge on any atom is -0.467 e. The third-order valence-corrected chi connectivity index (χ3v) is 5.74. The number of piperazine rings is 1. The number of primary amides is 1. The van der Waals surface area contributed by atoms with Gasteiger partial charge < -0.3 is 24.9 Å². The molecule has 3 aromatic heterocycles. The molecular weight excluding hydrogens is 456 g/mol. The molecule has 0 aromatic carbocycles. The molecule has 0 atom stereocenters. The Morgan fingerprint density at radius 3 is 2.44 bits per heavy atom. The Bertz CT molecular complexity index is 1100. The van der Waals surface area contributed by atoms with Gasteiger partial charge in [0.25, 0.3) is 5.91 Å². The Hall–Kier alpha value is -3.59. The van der Waals surface area contributed by atoms with Crippen LogP contribution in [0, 0.1) is 0 Å². The summed E-state index contributed by atoms with van der Waals surface area (Å²) in [4.78, 5) is 39.1. The van der Waals surface area contributed by atoms with Crippen molar-refractivity contribution >= 4 is 35.7 Å². The maximum Gasteiger partial charge on any atom is 0.272 e. The van der Waals surface area contributed by atoms with Crippen LogP contribution in [0.5, 0.6) is 0 Å². The molecule has 9 nitrogen and oxygen atoms in total. The van der Waals surface area contributed by atoms with Crippen LogP contribution in [0.4, 0.5) is 11.5 Å². The van der Waals surface area contributed by atoms with Crippen molar-refractivity contribution in [3.05, 3.63) is 72.1 Å². The Morgan fingerprint density at radius 1 is 1.09 bits per heavy atom. The van der Waals surface area contributed by atoms with E-state index in [2.05, 4.69) is 39.7 Å². The molecule has 4 rings (SSSR count). The van der Waals surface area contributed by atoms with E-state index in [0.717, 1.165) is 17.3 Å². The number of halogens is 1. The predicted molar refractivity (Wildman–Crippen MR) is 132 cm³/mol. The van der Waals surface area contributed by atoms with Gasteiger partial charge in [0.05, 0.1) is 24.1 Å². The van der Waals surface area contributed by atoms with Gasteiger partial charge in [0.1, 0.15) is 11.5 Å². The molecule has 180 valence electrons. The van der Waals surface area contributed by atoms with Gasteiger partial charge in [0, 0.05) is 44.6 Å². The van der Waals surface area contributed by atoms with Crippen LogP contribution in [0.25, 0.3) is 0 Å². The molecule has 1 saturated heterocycles. The normalized spacial score (nSPS) is 13.5. The molecule has 1 aliphatic heterocycles. The number of nitrogens with two attached hydrogens (primary N) is 1. The molecule has 4 heterocycles. The van der Waals surface area contributed by atoms with Crippen molar-refractivity contribution in [1.29, 1.82) is 0 Å². The Balaban J connectivity index is 0.00000324. The molecule has 0 spiro atoms. The van der Waals surface area contributed by atoms with Crippen molar-refractivity contribution in [3.8, 4) is 0 Å². The summed E-state index contributed by atoms with van der Waals surface area (Å²) in [6, 6.07) is 11.2. The molecule has 0 unspecified atom stereocenters. The largest absolute Gasteiger partial charge is 0.467 e. The molecule has 34 heavy (non-hydrogen) atoms. The van der Waals surface area contributed by atoms with Crippen LogP contribution >= 0.6 is 12.4 Å². The van der Waals surface area contributed by atoms with Gasteiger partial charge in [0.2, 0.25) is 5.91 Å². The van der Waals surface area contributed by atoms with Gasteiger partial charge in [-0.05, 0) is 50.2 Å². The zero-order chi connectivity index (χ0) is 23.4. The Labute approximate surface area is 205 Å². The van der Waals surface area contributed by atoms with Gasteiger partial charge >= 0.3 is 0 Å². The average molecular weight is 485 g/mol. The van der Waals surface area contributed by atoms with Gasteiger partial charge in [-0.3, -0.25) is 14.6 Å². The maximum atomic E-state index is 12.9. The molecule has 1 fully saturated rings. The van der Waals surface area contributed by atoms with Gasteiger partial charge in [-0.25, -0.2) is 4.98 Å². The lowest BCUT2D eigenvalue weighted by molar-refractivity contribution is 0.0740. The van der Waals surface area contributed by atoms with Crippen LogP contribution in [0.15, 0.2) is 59.5 Å². The fraction of sp³-hybridized carbons (Fsp3) is 0.333. The Morgan fingerprint density at radius 2 is 1.85 bits per heavy atom. The number of pyridine rings is 2. The van der Waals surface area contributed by atoms with Crippen molar-refractivity contribution in [1.82, 2.24) is 14.9 Å². The van der Waals surface area contributed by atoms with Crippen LogP contribution in [-0.2, 0) is 6.54 Å². The number of hydrogen-bond donors (Lipinski definition) is 1. The second-order valence-electron chi connectivity index (χ2n) is 8.22. The molecule has 0 radical (unpaired) electrons. The lowest BCUT2D eigenvalue weighted by Crippen LogP contribution is -2.49. The van der Waals surface area contributed by atoms with E-state index in [1.807, 2.05) is 18.2 Å². The Kier molecular flexibility index (Phi) is 8.12. The number of furan rings is 1. The van der Waals surface area contributed by atoms with Crippen LogP contribution < -0.4 is 15.5 Å². The van der Waals surface area contributed by atoms with Crippen molar-refractivity contribution in [2.24, 2.45) is 5.73 Å². The molecule has 2 amide bonds. The highest BCUT2D eigenvalue weighted by atomic mass is 35.5. The van der Waals surface area contributed by atoms with E-state index >= 15 is 0 Å². The lowest BCUT2D eigenvalue weighted by atomic mass is 10.2. The van der Waals surface area contributed by atoms with Gasteiger partial charge in [0.15, 0.2) is 5.82 Å². The van der Waals surface area contributed by atoms with E-state index in [9.17, 15) is 9.59 Å². The smallest absolute Gasteiger partial charge is 0.272 e. The SMILES string of the molecule is CC(C)N(Cc1ccco1)c1cccnc1N1CCN(C(=O)c2ccc(C(N)=O)cn2)CC1.Cl. The van der Waals surface area contributed by atoms with E-state index in [-0.39, 0.29) is 29.9 Å². The van der Waals surface area contributed by atoms with E-state index in [0.29, 0.717) is 38.4 Å². The molecule has 0 aliphatic carbocycles. The molecule has 1 aliphatic rings. The summed E-state index contributed by atoms with van der Waals surface area (Å²) in [5.74, 6) is 1.06. The first kappa shape index (κ1) is 25.0. The number of rotatable bonds is 7. The highest BCUT2D eigenvalue weighted by Crippen LogP contribution is 2.30. The molecule has 0 saturated carbocycles. The van der Waals surface area contributed by atoms with E-state index in [4.69, 9.17) is 10.2 Å². The van der Waals surface area contributed by atoms with Crippen LogP contribution in [0.2, 0.25) is 0 Å². The first-order valence-electron chi connectivity index (χ1n) is 11.0. The monoisotopic (exact) mass is 484 g/mol. The second kappa shape index (κ2) is 11.0. The summed E-state index contributed by atoms with van der Waals surface area (Å²) in [5, 5.41) is 0. The molecule has 10 heteroatoms. The zero-order valence-electron chi connectivity index (χ0n) is 19.3.